The molecule has 1 aromatic carbocycles. The van der Waals surface area contributed by atoms with Gasteiger partial charge in [0, 0.05) is 18.7 Å². The van der Waals surface area contributed by atoms with Crippen molar-refractivity contribution in [3.05, 3.63) is 35.6 Å². The Hall–Kier alpha value is -0.930. The van der Waals surface area contributed by atoms with Gasteiger partial charge in [-0.25, -0.2) is 4.39 Å². The molecule has 16 heavy (non-hydrogen) atoms. The highest BCUT2D eigenvalue weighted by Gasteiger charge is 2.13. The number of rotatable bonds is 5. The van der Waals surface area contributed by atoms with Gasteiger partial charge >= 0.3 is 0 Å². The van der Waals surface area contributed by atoms with E-state index in [0.717, 1.165) is 0 Å². The summed E-state index contributed by atoms with van der Waals surface area (Å²) in [5.41, 5.74) is 0.668. The molecule has 0 aliphatic rings. The lowest BCUT2D eigenvalue weighted by atomic mass is 10.1. The average molecular weight is 225 g/mol. The molecule has 0 aromatic heterocycles. The topological polar surface area (TPSA) is 23.5 Å². The molecule has 0 saturated heterocycles. The van der Waals surface area contributed by atoms with Crippen molar-refractivity contribution in [1.29, 1.82) is 0 Å². The van der Waals surface area contributed by atoms with E-state index in [1.807, 2.05) is 31.9 Å². The maximum atomic E-state index is 13.4. The minimum absolute atomic E-state index is 0.187. The molecule has 0 saturated carbocycles. The van der Waals surface area contributed by atoms with Crippen molar-refractivity contribution in [2.75, 3.05) is 13.6 Å². The first-order chi connectivity index (χ1) is 7.50. The molecular weight excluding hydrogens is 205 g/mol. The fourth-order valence-corrected chi connectivity index (χ4v) is 1.51. The van der Waals surface area contributed by atoms with E-state index in [1.54, 1.807) is 12.1 Å². The number of hydrogen-bond donors (Lipinski definition) is 1. The number of aliphatic hydroxyl groups is 1. The van der Waals surface area contributed by atoms with Crippen molar-refractivity contribution in [2.24, 2.45) is 5.92 Å². The van der Waals surface area contributed by atoms with E-state index in [9.17, 15) is 9.50 Å². The predicted molar refractivity (Wildman–Crippen MR) is 63.6 cm³/mol. The van der Waals surface area contributed by atoms with E-state index in [0.29, 0.717) is 18.7 Å². The molecule has 0 aliphatic heterocycles. The predicted octanol–water partition coefficient (Wildman–Crippen LogP) is 2.27. The summed E-state index contributed by atoms with van der Waals surface area (Å²) in [5.74, 6) is 0.0384. The van der Waals surface area contributed by atoms with Crippen LogP contribution in [0.5, 0.6) is 0 Å². The first-order valence-corrected chi connectivity index (χ1v) is 5.60. The molecule has 3 heteroatoms. The van der Waals surface area contributed by atoms with E-state index in [1.165, 1.54) is 6.07 Å². The second-order valence-corrected chi connectivity index (χ2v) is 4.60. The van der Waals surface area contributed by atoms with Crippen molar-refractivity contribution < 1.29 is 9.50 Å². The lowest BCUT2D eigenvalue weighted by molar-refractivity contribution is 0.0834. The molecule has 1 atom stereocenters. The zero-order chi connectivity index (χ0) is 12.1. The van der Waals surface area contributed by atoms with Crippen LogP contribution in [0.25, 0.3) is 0 Å². The highest BCUT2D eigenvalue weighted by Crippen LogP contribution is 2.10. The van der Waals surface area contributed by atoms with Gasteiger partial charge in [-0.05, 0) is 19.0 Å². The first kappa shape index (κ1) is 13.1. The Morgan fingerprint density at radius 2 is 1.94 bits per heavy atom. The standard InChI is InChI=1S/C13H20FNO/c1-10(2)13(16)9-15(3)8-11-6-4-5-7-12(11)14/h4-7,10,13,16H,8-9H2,1-3H3. The molecule has 1 N–H and O–H groups in total. The molecular formula is C13H20FNO. The molecule has 1 rings (SSSR count). The van der Waals surface area contributed by atoms with Crippen LogP contribution in [0.15, 0.2) is 24.3 Å². The molecule has 90 valence electrons. The van der Waals surface area contributed by atoms with Crippen LogP contribution < -0.4 is 0 Å². The molecule has 1 aromatic rings. The van der Waals surface area contributed by atoms with Crippen LogP contribution in [0, 0.1) is 11.7 Å². The lowest BCUT2D eigenvalue weighted by Gasteiger charge is -2.22. The van der Waals surface area contributed by atoms with Crippen LogP contribution in [0.2, 0.25) is 0 Å². The molecule has 0 fully saturated rings. The van der Waals surface area contributed by atoms with Crippen LogP contribution in [-0.4, -0.2) is 29.7 Å². The number of hydrogen-bond acceptors (Lipinski definition) is 2. The highest BCUT2D eigenvalue weighted by molar-refractivity contribution is 5.16. The summed E-state index contributed by atoms with van der Waals surface area (Å²) in [7, 11) is 1.89. The van der Waals surface area contributed by atoms with Crippen LogP contribution in [-0.2, 0) is 6.54 Å². The average Bonchev–Trinajstić information content (AvgIpc) is 2.21. The van der Waals surface area contributed by atoms with Gasteiger partial charge in [-0.3, -0.25) is 4.90 Å². The maximum Gasteiger partial charge on any atom is 0.127 e. The van der Waals surface area contributed by atoms with Crippen LogP contribution in [0.1, 0.15) is 19.4 Å². The Kier molecular flexibility index (Phi) is 4.90. The van der Waals surface area contributed by atoms with Gasteiger partial charge in [0.2, 0.25) is 0 Å². The molecule has 2 nitrogen and oxygen atoms in total. The SMILES string of the molecule is CC(C)C(O)CN(C)Cc1ccccc1F. The Morgan fingerprint density at radius 3 is 2.50 bits per heavy atom. The van der Waals surface area contributed by atoms with Gasteiger partial charge in [0.05, 0.1) is 6.10 Å². The molecule has 0 aliphatic carbocycles. The quantitative estimate of drug-likeness (QED) is 0.831. The summed E-state index contributed by atoms with van der Waals surface area (Å²) in [6.45, 7) is 5.03. The monoisotopic (exact) mass is 225 g/mol. The number of likely N-dealkylation sites (N-methyl/N-ethyl adjacent to an activating group) is 1. The summed E-state index contributed by atoms with van der Waals surface area (Å²) in [6.07, 6.45) is -0.364. The van der Waals surface area contributed by atoms with Gasteiger partial charge in [-0.2, -0.15) is 0 Å². The van der Waals surface area contributed by atoms with Crippen molar-refractivity contribution in [3.8, 4) is 0 Å². The Labute approximate surface area is 96.7 Å². The zero-order valence-electron chi connectivity index (χ0n) is 10.2. The highest BCUT2D eigenvalue weighted by atomic mass is 19.1. The fraction of sp³-hybridized carbons (Fsp3) is 0.538. The largest absolute Gasteiger partial charge is 0.392 e. The molecule has 0 amide bonds. The molecule has 0 bridgehead atoms. The van der Waals surface area contributed by atoms with Crippen LogP contribution in [0.4, 0.5) is 4.39 Å². The second kappa shape index (κ2) is 5.97. The Balaban J connectivity index is 2.52. The summed E-state index contributed by atoms with van der Waals surface area (Å²) >= 11 is 0. The van der Waals surface area contributed by atoms with E-state index < -0.39 is 0 Å². The first-order valence-electron chi connectivity index (χ1n) is 5.60. The third kappa shape index (κ3) is 3.91. The summed E-state index contributed by atoms with van der Waals surface area (Å²) in [6, 6.07) is 6.74. The van der Waals surface area contributed by atoms with E-state index in [2.05, 4.69) is 0 Å². The van der Waals surface area contributed by atoms with Crippen LogP contribution >= 0.6 is 0 Å². The van der Waals surface area contributed by atoms with Crippen LogP contribution in [0.3, 0.4) is 0 Å². The summed E-state index contributed by atoms with van der Waals surface area (Å²) in [5, 5.41) is 9.71. The third-order valence-electron chi connectivity index (χ3n) is 2.67. The van der Waals surface area contributed by atoms with Gasteiger partial charge in [0.1, 0.15) is 5.82 Å². The van der Waals surface area contributed by atoms with Crippen molar-refractivity contribution in [1.82, 2.24) is 4.90 Å². The van der Waals surface area contributed by atoms with Crippen molar-refractivity contribution >= 4 is 0 Å². The van der Waals surface area contributed by atoms with Gasteiger partial charge in [0.25, 0.3) is 0 Å². The third-order valence-corrected chi connectivity index (χ3v) is 2.67. The summed E-state index contributed by atoms with van der Waals surface area (Å²) in [4.78, 5) is 1.93. The number of benzene rings is 1. The second-order valence-electron chi connectivity index (χ2n) is 4.60. The minimum atomic E-state index is -0.364. The number of nitrogens with zero attached hydrogens (tertiary/aromatic N) is 1. The molecule has 1 unspecified atom stereocenters. The van der Waals surface area contributed by atoms with Gasteiger partial charge in [0.15, 0.2) is 0 Å². The smallest absolute Gasteiger partial charge is 0.127 e. The van der Waals surface area contributed by atoms with Gasteiger partial charge in [-0.15, -0.1) is 0 Å². The Morgan fingerprint density at radius 1 is 1.31 bits per heavy atom. The Bertz CT molecular complexity index is 327. The van der Waals surface area contributed by atoms with E-state index in [-0.39, 0.29) is 17.8 Å². The maximum absolute atomic E-state index is 13.4. The van der Waals surface area contributed by atoms with Gasteiger partial charge < -0.3 is 5.11 Å². The zero-order valence-corrected chi connectivity index (χ0v) is 10.2. The van der Waals surface area contributed by atoms with Gasteiger partial charge in [-0.1, -0.05) is 32.0 Å². The van der Waals surface area contributed by atoms with Crippen molar-refractivity contribution in [2.45, 2.75) is 26.5 Å². The lowest BCUT2D eigenvalue weighted by Crippen LogP contribution is -2.32. The minimum Gasteiger partial charge on any atom is -0.392 e. The normalized spacial score (nSPS) is 13.4. The van der Waals surface area contributed by atoms with E-state index in [4.69, 9.17) is 0 Å². The number of halogens is 1. The van der Waals surface area contributed by atoms with Crippen molar-refractivity contribution in [3.63, 3.8) is 0 Å². The molecule has 0 radical (unpaired) electrons. The molecule has 0 spiro atoms. The van der Waals surface area contributed by atoms with E-state index >= 15 is 0 Å². The molecule has 0 heterocycles. The number of aliphatic hydroxyl groups excluding tert-OH is 1. The fourth-order valence-electron chi connectivity index (χ4n) is 1.51. The summed E-state index contributed by atoms with van der Waals surface area (Å²) < 4.78 is 13.4.